The molecule has 0 spiro atoms. The second-order valence-corrected chi connectivity index (χ2v) is 36.5. The minimum atomic E-state index is -0.743. The van der Waals surface area contributed by atoms with Crippen LogP contribution in [0.4, 0.5) is 9.59 Å². The second-order valence-electron chi connectivity index (χ2n) is 30.4. The molecule has 560 valence electrons. The van der Waals surface area contributed by atoms with Gasteiger partial charge in [0.15, 0.2) is 57.3 Å². The van der Waals surface area contributed by atoms with Crippen molar-refractivity contribution in [1.29, 1.82) is 0 Å². The summed E-state index contributed by atoms with van der Waals surface area (Å²) in [6.45, 7) is 35.6. The van der Waals surface area contributed by atoms with E-state index in [2.05, 4.69) is 114 Å². The van der Waals surface area contributed by atoms with E-state index >= 15 is 0 Å². The lowest BCUT2D eigenvalue weighted by Gasteiger charge is -2.21. The molecule has 0 atom stereocenters. The summed E-state index contributed by atoms with van der Waals surface area (Å²) in [6, 6.07) is 75.8. The molecule has 0 fully saturated rings. The third-order valence-electron chi connectivity index (χ3n) is 13.9. The van der Waals surface area contributed by atoms with Crippen LogP contribution in [0.2, 0.25) is 0 Å². The molecule has 9 rings (SSSR count). The summed E-state index contributed by atoms with van der Waals surface area (Å²) in [5.74, 6) is 3.17. The molecule has 0 aromatic heterocycles. The molecule has 106 heavy (non-hydrogen) atoms. The molecule has 9 aromatic rings. The Morgan fingerprint density at radius 3 is 0.755 bits per heavy atom. The summed E-state index contributed by atoms with van der Waals surface area (Å²) in [5, 5.41) is 0. The third-order valence-corrected chi connectivity index (χ3v) is 20.5. The first-order valence-electron chi connectivity index (χ1n) is 35.2. The number of hydrogen-bond donors (Lipinski definition) is 0. The van der Waals surface area contributed by atoms with Crippen LogP contribution in [-0.4, -0.2) is 76.9 Å². The number of carbonyl (C=O) groups is 5. The van der Waals surface area contributed by atoms with Gasteiger partial charge in [0.05, 0.1) is 32.7 Å². The van der Waals surface area contributed by atoms with Gasteiger partial charge in [-0.25, -0.2) is 19.2 Å². The average Bonchev–Trinajstić information content (AvgIpc) is 0.810. The van der Waals surface area contributed by atoms with Crippen molar-refractivity contribution in [3.05, 3.63) is 236 Å². The van der Waals surface area contributed by atoms with Crippen LogP contribution in [0.25, 0.3) is 0 Å². The van der Waals surface area contributed by atoms with Crippen molar-refractivity contribution in [2.75, 3.05) is 13.2 Å². The van der Waals surface area contributed by atoms with Gasteiger partial charge in [-0.1, -0.05) is 55.5 Å². The summed E-state index contributed by atoms with van der Waals surface area (Å²) in [6.07, 6.45) is -0.430. The van der Waals surface area contributed by atoms with Crippen LogP contribution in [0.1, 0.15) is 144 Å². The molecule has 18 heteroatoms. The van der Waals surface area contributed by atoms with Crippen LogP contribution >= 0.6 is 0 Å². The van der Waals surface area contributed by atoms with E-state index in [9.17, 15) is 24.0 Å². The fourth-order valence-corrected chi connectivity index (χ4v) is 16.0. The number of hydrogen-bond acceptors (Lipinski definition) is 15. The van der Waals surface area contributed by atoms with Crippen LogP contribution in [0.15, 0.2) is 275 Å². The fourth-order valence-electron chi connectivity index (χ4n) is 9.82. The first-order valence-corrected chi connectivity index (χ1v) is 38.8. The molecule has 0 aliphatic rings. The molecule has 0 amide bonds. The average molecular weight is 1500 g/mol. The fraction of sp³-hybridized carbons (Fsp3) is 0.330. The van der Waals surface area contributed by atoms with Crippen molar-refractivity contribution < 1.29 is 71.3 Å². The molecular formula is C88H103O15S3+3. The minimum absolute atomic E-state index is 0.147. The van der Waals surface area contributed by atoms with Crippen molar-refractivity contribution in [2.45, 2.75) is 222 Å². The zero-order chi connectivity index (χ0) is 77.6. The molecule has 0 heterocycles. The number of benzene rings is 9. The Morgan fingerprint density at radius 2 is 0.509 bits per heavy atom. The first-order chi connectivity index (χ1) is 49.7. The summed E-state index contributed by atoms with van der Waals surface area (Å²) < 4.78 is 55.0. The highest BCUT2D eigenvalue weighted by Crippen LogP contribution is 2.38. The van der Waals surface area contributed by atoms with Gasteiger partial charge in [-0.05, 0) is 312 Å². The molecule has 0 unspecified atom stereocenters. The van der Waals surface area contributed by atoms with E-state index in [1.165, 1.54) is 14.7 Å². The largest absolute Gasteiger partial charge is 0.514 e. The van der Waals surface area contributed by atoms with Crippen molar-refractivity contribution in [1.82, 2.24) is 0 Å². The molecule has 0 N–H and O–H groups in total. The molecule has 0 radical (unpaired) electrons. The maximum atomic E-state index is 12.0. The van der Waals surface area contributed by atoms with E-state index in [0.29, 0.717) is 35.8 Å². The minimum Gasteiger partial charge on any atom is -0.488 e. The lowest BCUT2D eigenvalue weighted by Crippen LogP contribution is -2.27. The molecule has 0 bridgehead atoms. The van der Waals surface area contributed by atoms with E-state index < -0.39 is 57.5 Å². The Hall–Kier alpha value is -9.62. The molecule has 0 aliphatic heterocycles. The number of rotatable bonds is 22. The van der Waals surface area contributed by atoms with Gasteiger partial charge < -0.3 is 47.4 Å². The normalized spacial score (nSPS) is 11.8. The van der Waals surface area contributed by atoms with Crippen LogP contribution in [0.5, 0.6) is 34.5 Å². The highest BCUT2D eigenvalue weighted by atomic mass is 32.2. The number of esters is 2. The topological polar surface area (TPSA) is 178 Å². The quantitative estimate of drug-likeness (QED) is 0.0271. The Morgan fingerprint density at radius 1 is 0.274 bits per heavy atom. The lowest BCUT2D eigenvalue weighted by molar-refractivity contribution is -0.158. The predicted molar refractivity (Wildman–Crippen MR) is 421 cm³/mol. The van der Waals surface area contributed by atoms with Crippen molar-refractivity contribution in [2.24, 2.45) is 0 Å². The molecule has 0 aliphatic carbocycles. The molecule has 9 aromatic carbocycles. The van der Waals surface area contributed by atoms with E-state index in [1.807, 2.05) is 182 Å². The SMILES string of the molecule is CC(C)(C)OC(=O)COc1ccc([S+](c2ccccc2)c2ccc(OCC(=O)OC(C)(C)C)cc2)cc1.CC(C)(C)OC(=O)Oc1ccc([S+](c2ccccc2)c2ccc(OC(=O)OC(C)(C)C)cc2)cc1.CCC(=O)Cc1ccc([S+](c2ccc(OC(C)(C)C)cc2)c2ccc(OC(C)(C)C)cc2)cc1. The number of Topliss-reactive ketones (excluding diaryl/α,β-unsaturated/α-hetero) is 1. The smallest absolute Gasteiger partial charge is 0.488 e. The van der Waals surface area contributed by atoms with Gasteiger partial charge in [-0.3, -0.25) is 4.79 Å². The molecule has 15 nitrogen and oxygen atoms in total. The highest BCUT2D eigenvalue weighted by Gasteiger charge is 2.33. The third kappa shape index (κ3) is 29.7. The Balaban J connectivity index is 0.000000222. The van der Waals surface area contributed by atoms with E-state index in [1.54, 1.807) is 65.8 Å². The summed E-state index contributed by atoms with van der Waals surface area (Å²) >= 11 is 0. The predicted octanol–water partition coefficient (Wildman–Crippen LogP) is 21.3. The lowest BCUT2D eigenvalue weighted by atomic mass is 10.1. The standard InChI is InChI=1S/C30H35O6S.C30H37O3S.C28H31O6S/c1-29(2,3)35-27(31)20-33-22-12-16-25(17-13-22)37(24-10-8-7-9-11-24)26-18-14-23(15-19-26)34-21-28(32)36-30(4,5)6;1-8-23(31)21-22-9-15-26(16-10-22)34(27-17-11-24(12-18-27)32-29(2,3)4)28-19-13-25(14-20-28)33-30(5,6)7;1-27(2,3)33-25(29)31-20-12-16-23(17-13-20)35(22-10-8-7-9-11-22)24-18-14-21(15-19-24)32-26(30)34-28(4,5)6/h7-19H,20-21H2,1-6H3;9-20H,8,21H2,1-7H3;7-19H,1-6H3/q3*+1. The van der Waals surface area contributed by atoms with Gasteiger partial charge in [0, 0.05) is 12.8 Å². The van der Waals surface area contributed by atoms with E-state index in [4.69, 9.17) is 47.4 Å². The Bertz CT molecular complexity index is 4030. The Labute approximate surface area is 636 Å². The molecule has 0 saturated carbocycles. The monoisotopic (exact) mass is 1500 g/mol. The van der Waals surface area contributed by atoms with E-state index in [0.717, 1.165) is 46.4 Å². The van der Waals surface area contributed by atoms with Gasteiger partial charge in [0.2, 0.25) is 0 Å². The van der Waals surface area contributed by atoms with Crippen molar-refractivity contribution >= 4 is 62.7 Å². The first kappa shape index (κ1) is 83.7. The maximum Gasteiger partial charge on any atom is 0.514 e. The summed E-state index contributed by atoms with van der Waals surface area (Å²) in [5.41, 5.74) is -1.78. The highest BCUT2D eigenvalue weighted by molar-refractivity contribution is 7.97. The number of carbonyl (C=O) groups excluding carboxylic acids is 5. The number of ether oxygens (including phenoxy) is 10. The van der Waals surface area contributed by atoms with Crippen LogP contribution < -0.4 is 28.4 Å². The van der Waals surface area contributed by atoms with Gasteiger partial charge >= 0.3 is 24.2 Å². The zero-order valence-electron chi connectivity index (χ0n) is 64.6. The maximum absolute atomic E-state index is 12.0. The number of ketones is 1. The van der Waals surface area contributed by atoms with Gasteiger partial charge in [-0.15, -0.1) is 0 Å². The van der Waals surface area contributed by atoms with Crippen LogP contribution in [0.3, 0.4) is 0 Å². The second kappa shape index (κ2) is 37.6. The van der Waals surface area contributed by atoms with Crippen molar-refractivity contribution in [3.8, 4) is 34.5 Å². The molecule has 0 saturated heterocycles. The van der Waals surface area contributed by atoms with Gasteiger partial charge in [0.25, 0.3) is 0 Å². The van der Waals surface area contributed by atoms with E-state index in [-0.39, 0.29) is 52.0 Å². The zero-order valence-corrected chi connectivity index (χ0v) is 67.1. The van der Waals surface area contributed by atoms with Gasteiger partial charge in [0.1, 0.15) is 73.9 Å². The van der Waals surface area contributed by atoms with Crippen LogP contribution in [-0.2, 0) is 72.4 Å². The van der Waals surface area contributed by atoms with Crippen molar-refractivity contribution in [3.63, 3.8) is 0 Å². The molecular weight excluding hydrogens is 1390 g/mol. The summed E-state index contributed by atoms with van der Waals surface area (Å²) in [4.78, 5) is 70.0. The van der Waals surface area contributed by atoms with Crippen LogP contribution in [0, 0.1) is 0 Å². The van der Waals surface area contributed by atoms with Gasteiger partial charge in [-0.2, -0.15) is 0 Å². The Kier molecular flexibility index (Phi) is 29.6. The summed E-state index contributed by atoms with van der Waals surface area (Å²) in [7, 11) is -1.11.